The number of hydrogen-bond donors (Lipinski definition) is 2. The molecule has 1 aliphatic heterocycles. The van der Waals surface area contributed by atoms with Crippen LogP contribution in [0.3, 0.4) is 0 Å². The van der Waals surface area contributed by atoms with E-state index in [2.05, 4.69) is 22.8 Å². The number of anilines is 1. The zero-order valence-electron chi connectivity index (χ0n) is 14.8. The number of allylic oxidation sites excluding steroid dienone is 2. The normalized spacial score (nSPS) is 26.8. The first kappa shape index (κ1) is 17.1. The molecule has 26 heavy (non-hydrogen) atoms. The maximum atomic E-state index is 12.3. The SMILES string of the molecule is O=C(NC[C@@H]1C[C@H]2C=C[C@@H]1C2)c1ccc(NC(=O)N2CCOCC2)cc1. The smallest absolute Gasteiger partial charge is 0.321 e. The summed E-state index contributed by atoms with van der Waals surface area (Å²) in [5.41, 5.74) is 1.31. The van der Waals surface area contributed by atoms with Gasteiger partial charge in [-0.25, -0.2) is 4.79 Å². The van der Waals surface area contributed by atoms with Crippen LogP contribution in [-0.4, -0.2) is 49.7 Å². The molecular weight excluding hydrogens is 330 g/mol. The fourth-order valence-corrected chi connectivity index (χ4v) is 4.13. The minimum atomic E-state index is -0.130. The lowest BCUT2D eigenvalue weighted by molar-refractivity contribution is 0.0564. The van der Waals surface area contributed by atoms with Crippen molar-refractivity contribution in [2.75, 3.05) is 38.2 Å². The number of nitrogens with one attached hydrogen (secondary N) is 2. The number of morpholine rings is 1. The summed E-state index contributed by atoms with van der Waals surface area (Å²) in [6.45, 7) is 3.09. The summed E-state index contributed by atoms with van der Waals surface area (Å²) in [4.78, 5) is 26.3. The van der Waals surface area contributed by atoms with Crippen molar-refractivity contribution in [2.24, 2.45) is 17.8 Å². The molecule has 6 nitrogen and oxygen atoms in total. The van der Waals surface area contributed by atoms with Crippen molar-refractivity contribution in [3.05, 3.63) is 42.0 Å². The van der Waals surface area contributed by atoms with Crippen molar-refractivity contribution in [1.82, 2.24) is 10.2 Å². The second-order valence-electron chi connectivity index (χ2n) is 7.36. The monoisotopic (exact) mass is 355 g/mol. The van der Waals surface area contributed by atoms with E-state index in [0.29, 0.717) is 49.4 Å². The average molecular weight is 355 g/mol. The van der Waals surface area contributed by atoms with E-state index in [1.807, 2.05) is 0 Å². The van der Waals surface area contributed by atoms with Crippen LogP contribution in [0.15, 0.2) is 36.4 Å². The molecule has 1 heterocycles. The van der Waals surface area contributed by atoms with Gasteiger partial charge in [-0.3, -0.25) is 4.79 Å². The molecule has 4 rings (SSSR count). The Morgan fingerprint density at radius 3 is 2.50 bits per heavy atom. The highest BCUT2D eigenvalue weighted by Gasteiger charge is 2.35. The quantitative estimate of drug-likeness (QED) is 0.815. The molecule has 0 unspecified atom stereocenters. The third kappa shape index (κ3) is 3.75. The molecule has 0 aromatic heterocycles. The molecule has 3 aliphatic rings. The molecule has 2 fully saturated rings. The van der Waals surface area contributed by atoms with Gasteiger partial charge in [0.1, 0.15) is 0 Å². The van der Waals surface area contributed by atoms with Gasteiger partial charge >= 0.3 is 6.03 Å². The Morgan fingerprint density at radius 2 is 1.85 bits per heavy atom. The molecule has 2 bridgehead atoms. The van der Waals surface area contributed by atoms with Crippen LogP contribution in [0.5, 0.6) is 0 Å². The molecule has 1 saturated heterocycles. The van der Waals surface area contributed by atoms with Gasteiger partial charge < -0.3 is 20.3 Å². The zero-order valence-corrected chi connectivity index (χ0v) is 14.8. The molecular formula is C20H25N3O3. The summed E-state index contributed by atoms with van der Waals surface area (Å²) >= 11 is 0. The number of rotatable bonds is 4. The Labute approximate surface area is 153 Å². The largest absolute Gasteiger partial charge is 0.378 e. The van der Waals surface area contributed by atoms with Crippen molar-refractivity contribution in [2.45, 2.75) is 12.8 Å². The Hall–Kier alpha value is -2.34. The number of ether oxygens (including phenoxy) is 1. The fraction of sp³-hybridized carbons (Fsp3) is 0.500. The Kier molecular flexibility index (Phi) is 4.93. The van der Waals surface area contributed by atoms with Gasteiger partial charge in [0.2, 0.25) is 0 Å². The van der Waals surface area contributed by atoms with Crippen LogP contribution < -0.4 is 10.6 Å². The predicted octanol–water partition coefficient (Wildman–Crippen LogP) is 2.49. The Balaban J connectivity index is 1.27. The zero-order chi connectivity index (χ0) is 17.9. The van der Waals surface area contributed by atoms with E-state index >= 15 is 0 Å². The van der Waals surface area contributed by atoms with Crippen molar-refractivity contribution in [1.29, 1.82) is 0 Å². The number of amides is 3. The highest BCUT2D eigenvalue weighted by atomic mass is 16.5. The minimum absolute atomic E-state index is 0.0530. The summed E-state index contributed by atoms with van der Waals surface area (Å²) in [6.07, 6.45) is 7.05. The first-order chi connectivity index (χ1) is 12.7. The molecule has 138 valence electrons. The van der Waals surface area contributed by atoms with Gasteiger partial charge in [-0.05, 0) is 54.9 Å². The van der Waals surface area contributed by atoms with Gasteiger partial charge in [0.05, 0.1) is 13.2 Å². The van der Waals surface area contributed by atoms with Gasteiger partial charge in [0, 0.05) is 30.9 Å². The van der Waals surface area contributed by atoms with E-state index in [4.69, 9.17) is 4.74 Å². The molecule has 0 radical (unpaired) electrons. The van der Waals surface area contributed by atoms with Crippen LogP contribution in [0.1, 0.15) is 23.2 Å². The third-order valence-electron chi connectivity index (χ3n) is 5.64. The molecule has 2 aliphatic carbocycles. The van der Waals surface area contributed by atoms with Crippen LogP contribution >= 0.6 is 0 Å². The number of carbonyl (C=O) groups is 2. The number of benzene rings is 1. The van der Waals surface area contributed by atoms with Gasteiger partial charge in [0.15, 0.2) is 0 Å². The molecule has 1 aromatic carbocycles. The first-order valence-electron chi connectivity index (χ1n) is 9.39. The number of nitrogens with zero attached hydrogens (tertiary/aromatic N) is 1. The number of hydrogen-bond acceptors (Lipinski definition) is 3. The molecule has 1 saturated carbocycles. The van der Waals surface area contributed by atoms with Crippen molar-refractivity contribution < 1.29 is 14.3 Å². The second kappa shape index (κ2) is 7.50. The third-order valence-corrected chi connectivity index (χ3v) is 5.64. The molecule has 6 heteroatoms. The lowest BCUT2D eigenvalue weighted by Gasteiger charge is -2.26. The van der Waals surface area contributed by atoms with Crippen LogP contribution in [-0.2, 0) is 4.74 Å². The van der Waals surface area contributed by atoms with Crippen LogP contribution in [0.2, 0.25) is 0 Å². The predicted molar refractivity (Wildman–Crippen MR) is 99.0 cm³/mol. The van der Waals surface area contributed by atoms with Gasteiger partial charge in [0.25, 0.3) is 5.91 Å². The molecule has 1 aromatic rings. The summed E-state index contributed by atoms with van der Waals surface area (Å²) in [6, 6.07) is 6.92. The van der Waals surface area contributed by atoms with Gasteiger partial charge in [-0.2, -0.15) is 0 Å². The number of carbonyl (C=O) groups excluding carboxylic acids is 2. The van der Waals surface area contributed by atoms with Crippen LogP contribution in [0.4, 0.5) is 10.5 Å². The number of urea groups is 1. The van der Waals surface area contributed by atoms with Crippen molar-refractivity contribution in [3.63, 3.8) is 0 Å². The highest BCUT2D eigenvalue weighted by molar-refractivity contribution is 5.95. The minimum Gasteiger partial charge on any atom is -0.378 e. The molecule has 3 amide bonds. The maximum Gasteiger partial charge on any atom is 0.321 e. The molecule has 2 N–H and O–H groups in total. The Bertz CT molecular complexity index is 695. The molecule has 0 spiro atoms. The van der Waals surface area contributed by atoms with Crippen molar-refractivity contribution in [3.8, 4) is 0 Å². The van der Waals surface area contributed by atoms with Crippen molar-refractivity contribution >= 4 is 17.6 Å². The van der Waals surface area contributed by atoms with Crippen LogP contribution in [0.25, 0.3) is 0 Å². The fourth-order valence-electron chi connectivity index (χ4n) is 4.13. The van der Waals surface area contributed by atoms with E-state index in [1.165, 1.54) is 12.8 Å². The lowest BCUT2D eigenvalue weighted by atomic mass is 9.93. The summed E-state index contributed by atoms with van der Waals surface area (Å²) in [5.74, 6) is 1.87. The van der Waals surface area contributed by atoms with E-state index < -0.39 is 0 Å². The summed E-state index contributed by atoms with van der Waals surface area (Å²) < 4.78 is 5.25. The van der Waals surface area contributed by atoms with E-state index in [1.54, 1.807) is 29.2 Å². The van der Waals surface area contributed by atoms with Gasteiger partial charge in [-0.1, -0.05) is 12.2 Å². The second-order valence-corrected chi connectivity index (χ2v) is 7.36. The average Bonchev–Trinajstić information content (AvgIpc) is 3.30. The van der Waals surface area contributed by atoms with Crippen LogP contribution in [0, 0.1) is 17.8 Å². The lowest BCUT2D eigenvalue weighted by Crippen LogP contribution is -2.43. The standard InChI is InChI=1S/C20H25N3O3/c24-19(21-13-17-12-14-1-2-16(17)11-14)15-3-5-18(6-4-15)22-20(25)23-7-9-26-10-8-23/h1-6,14,16-17H,7-13H2,(H,21,24)(H,22,25)/t14-,16+,17-/m0/s1. The highest BCUT2D eigenvalue weighted by Crippen LogP contribution is 2.42. The first-order valence-corrected chi connectivity index (χ1v) is 9.39. The van der Waals surface area contributed by atoms with E-state index in [9.17, 15) is 9.59 Å². The summed E-state index contributed by atoms with van der Waals surface area (Å²) in [7, 11) is 0. The van der Waals surface area contributed by atoms with Gasteiger partial charge in [-0.15, -0.1) is 0 Å². The Morgan fingerprint density at radius 1 is 1.08 bits per heavy atom. The summed E-state index contributed by atoms with van der Waals surface area (Å²) in [5, 5.41) is 5.92. The van der Waals surface area contributed by atoms with E-state index in [0.717, 1.165) is 12.5 Å². The topological polar surface area (TPSA) is 70.7 Å². The maximum absolute atomic E-state index is 12.3. The number of fused-ring (bicyclic) bond motifs is 2. The van der Waals surface area contributed by atoms with E-state index in [-0.39, 0.29) is 11.9 Å². The molecule has 3 atom stereocenters.